The Balaban J connectivity index is 1.24. The lowest BCUT2D eigenvalue weighted by molar-refractivity contribution is -0.271. The van der Waals surface area contributed by atoms with Crippen LogP contribution in [0.4, 0.5) is 5.69 Å². The number of para-hydroxylation sites is 1. The van der Waals surface area contributed by atoms with Crippen LogP contribution in [-0.4, -0.2) is 71.2 Å². The second kappa shape index (κ2) is 10.0. The molecule has 254 valence electrons. The molecule has 7 rings (SSSR count). The maximum atomic E-state index is 13.5. The van der Waals surface area contributed by atoms with E-state index in [2.05, 4.69) is 39.9 Å². The number of nitrogens with one attached hydrogen (secondary N) is 1. The fourth-order valence-corrected chi connectivity index (χ4v) is 13.0. The van der Waals surface area contributed by atoms with Crippen LogP contribution in [-0.2, 0) is 14.3 Å². The zero-order valence-corrected chi connectivity index (χ0v) is 28.8. The molecule has 0 aromatic heterocycles. The van der Waals surface area contributed by atoms with Crippen molar-refractivity contribution >= 4 is 17.9 Å². The maximum absolute atomic E-state index is 13.5. The van der Waals surface area contributed by atoms with E-state index in [0.717, 1.165) is 32.0 Å². The van der Waals surface area contributed by atoms with Gasteiger partial charge in [0.05, 0.1) is 35.9 Å². The molecule has 14 unspecified atom stereocenters. The summed E-state index contributed by atoms with van der Waals surface area (Å²) >= 11 is 0. The molecule has 1 saturated heterocycles. The van der Waals surface area contributed by atoms with Gasteiger partial charge in [0, 0.05) is 34.9 Å². The molecule has 1 aromatic carbocycles. The molecule has 6 fully saturated rings. The maximum Gasteiger partial charge on any atom is 0.340 e. The normalized spacial score (nSPS) is 53.7. The van der Waals surface area contributed by atoms with Crippen molar-refractivity contribution in [2.45, 2.75) is 123 Å². The average molecular weight is 638 g/mol. The van der Waals surface area contributed by atoms with Gasteiger partial charge in [-0.25, -0.2) is 4.79 Å². The van der Waals surface area contributed by atoms with E-state index in [9.17, 15) is 24.9 Å². The summed E-state index contributed by atoms with van der Waals surface area (Å²) in [6, 6.07) is 7.21. The molecule has 0 radical (unpaired) electrons. The highest BCUT2D eigenvalue weighted by molar-refractivity contribution is 5.95. The zero-order valence-electron chi connectivity index (χ0n) is 28.8. The number of esters is 1. The van der Waals surface area contributed by atoms with Gasteiger partial charge in [-0.2, -0.15) is 0 Å². The third kappa shape index (κ3) is 3.76. The van der Waals surface area contributed by atoms with Gasteiger partial charge in [-0.05, 0) is 93.1 Å². The first kappa shape index (κ1) is 32.5. The summed E-state index contributed by atoms with van der Waals surface area (Å²) in [5.41, 5.74) is -1.98. The van der Waals surface area contributed by atoms with Crippen molar-refractivity contribution in [3.63, 3.8) is 0 Å². The average Bonchev–Trinajstić information content (AvgIpc) is 3.77. The number of hydrogen-bond donors (Lipinski definition) is 4. The van der Waals surface area contributed by atoms with Crippen LogP contribution in [0.5, 0.6) is 0 Å². The minimum Gasteiger partial charge on any atom is -0.458 e. The topological polar surface area (TPSA) is 129 Å². The lowest BCUT2D eigenvalue weighted by Gasteiger charge is -2.73. The van der Waals surface area contributed by atoms with Gasteiger partial charge in [-0.3, -0.25) is 0 Å². The minimum atomic E-state index is -0.929. The molecule has 5 saturated carbocycles. The quantitative estimate of drug-likeness (QED) is 0.193. The summed E-state index contributed by atoms with van der Waals surface area (Å²) in [6.45, 7) is 13.3. The number of hydrogen-bond acceptors (Lipinski definition) is 8. The molecule has 1 heterocycles. The van der Waals surface area contributed by atoms with Crippen LogP contribution in [0.15, 0.2) is 24.3 Å². The number of benzene rings is 1. The third-order valence-electron chi connectivity index (χ3n) is 16.1. The molecule has 0 amide bonds. The first-order chi connectivity index (χ1) is 21.5. The first-order valence-corrected chi connectivity index (χ1v) is 17.6. The van der Waals surface area contributed by atoms with Gasteiger partial charge >= 0.3 is 5.97 Å². The second-order valence-electron chi connectivity index (χ2n) is 17.8. The molecule has 6 aliphatic rings. The number of aliphatic hydroxyl groups is 3. The van der Waals surface area contributed by atoms with E-state index >= 15 is 0 Å². The largest absolute Gasteiger partial charge is 0.458 e. The Labute approximate surface area is 274 Å². The lowest BCUT2D eigenvalue weighted by Crippen LogP contribution is -2.74. The number of rotatable bonds is 5. The molecule has 1 spiro atoms. The van der Waals surface area contributed by atoms with Gasteiger partial charge in [-0.15, -0.1) is 0 Å². The Morgan fingerprint density at radius 3 is 2.35 bits per heavy atom. The van der Waals surface area contributed by atoms with E-state index in [-0.39, 0.29) is 40.8 Å². The number of fused-ring (bicyclic) bond motifs is 5. The van der Waals surface area contributed by atoms with Crippen LogP contribution in [0.25, 0.3) is 0 Å². The highest BCUT2D eigenvalue weighted by atomic mass is 16.6. The van der Waals surface area contributed by atoms with E-state index in [1.165, 1.54) is 0 Å². The number of aldehydes is 1. The number of aliphatic hydroxyl groups excluding tert-OH is 3. The number of ether oxygens (including phenoxy) is 2. The van der Waals surface area contributed by atoms with Crippen LogP contribution in [0.3, 0.4) is 0 Å². The van der Waals surface area contributed by atoms with Crippen LogP contribution >= 0.6 is 0 Å². The molecule has 1 aromatic rings. The van der Waals surface area contributed by atoms with E-state index in [0.29, 0.717) is 42.9 Å². The van der Waals surface area contributed by atoms with Gasteiger partial charge < -0.3 is 34.9 Å². The Hall–Kier alpha value is -2.00. The molecule has 1 aliphatic heterocycles. The number of carbonyl (C=O) groups excluding carboxylic acids is 2. The van der Waals surface area contributed by atoms with Crippen molar-refractivity contribution in [1.29, 1.82) is 0 Å². The Bertz CT molecular complexity index is 1440. The van der Waals surface area contributed by atoms with E-state index in [4.69, 9.17) is 9.47 Å². The van der Waals surface area contributed by atoms with Crippen molar-refractivity contribution in [1.82, 2.24) is 0 Å². The molecule has 14 atom stereocenters. The smallest absolute Gasteiger partial charge is 0.340 e. The molecule has 8 nitrogen and oxygen atoms in total. The summed E-state index contributed by atoms with van der Waals surface area (Å²) in [5, 5.41) is 37.0. The highest BCUT2D eigenvalue weighted by Gasteiger charge is 2.86. The standard InChI is InChI=1S/C38H55NO7/c1-32(20-40)17-26-34(3,19-30(32)45-31(44)22-10-8-9-11-23(22)39-7)28(43)18-37(6)36(5)15-12-24-33(2,14-13-27(42)35(24,4)21-41)25(36)16-29-38(26,37)46-29/h8-11,20,24-30,39,41-43H,12-19,21H2,1-7H3. The molecular weight excluding hydrogens is 582 g/mol. The van der Waals surface area contributed by atoms with Crippen LogP contribution in [0, 0.1) is 50.2 Å². The van der Waals surface area contributed by atoms with Gasteiger partial charge in [0.2, 0.25) is 0 Å². The van der Waals surface area contributed by atoms with Crippen molar-refractivity contribution in [2.24, 2.45) is 50.2 Å². The molecule has 8 heteroatoms. The van der Waals surface area contributed by atoms with Crippen molar-refractivity contribution in [3.8, 4) is 0 Å². The predicted octanol–water partition coefficient (Wildman–Crippen LogP) is 5.38. The van der Waals surface area contributed by atoms with Gasteiger partial charge in [0.1, 0.15) is 18.0 Å². The van der Waals surface area contributed by atoms with E-state index in [1.54, 1.807) is 19.2 Å². The van der Waals surface area contributed by atoms with Crippen molar-refractivity contribution in [3.05, 3.63) is 29.8 Å². The number of carbonyl (C=O) groups is 2. The third-order valence-corrected chi connectivity index (χ3v) is 16.1. The predicted molar refractivity (Wildman–Crippen MR) is 174 cm³/mol. The van der Waals surface area contributed by atoms with Crippen molar-refractivity contribution in [2.75, 3.05) is 19.0 Å². The van der Waals surface area contributed by atoms with Gasteiger partial charge in [0.25, 0.3) is 0 Å². The lowest BCUT2D eigenvalue weighted by atomic mass is 9.31. The molecule has 46 heavy (non-hydrogen) atoms. The SMILES string of the molecule is CNc1ccccc1C(=O)OC1CC2(C)C(O)CC3(C)C4(C)CCC5C(C)(CO)C(O)CCC5(C)C4CC4OC43C2CC1(C)C=O. The zero-order chi connectivity index (χ0) is 33.3. The van der Waals surface area contributed by atoms with E-state index < -0.39 is 46.1 Å². The summed E-state index contributed by atoms with van der Waals surface area (Å²) < 4.78 is 13.3. The summed E-state index contributed by atoms with van der Waals surface area (Å²) in [4.78, 5) is 26.5. The Kier molecular flexibility index (Phi) is 7.09. The monoisotopic (exact) mass is 637 g/mol. The highest BCUT2D eigenvalue weighted by Crippen LogP contribution is 2.83. The number of epoxide rings is 1. The number of anilines is 1. The minimum absolute atomic E-state index is 0.0192. The van der Waals surface area contributed by atoms with Gasteiger partial charge in [-0.1, -0.05) is 46.8 Å². The van der Waals surface area contributed by atoms with Gasteiger partial charge in [0.15, 0.2) is 0 Å². The van der Waals surface area contributed by atoms with Crippen LogP contribution < -0.4 is 5.32 Å². The fraction of sp³-hybridized carbons (Fsp3) is 0.789. The molecule has 5 aliphatic carbocycles. The van der Waals surface area contributed by atoms with E-state index in [1.807, 2.05) is 19.1 Å². The summed E-state index contributed by atoms with van der Waals surface area (Å²) in [7, 11) is 1.76. The molecular formula is C38H55NO7. The molecule has 4 N–H and O–H groups in total. The fourth-order valence-electron chi connectivity index (χ4n) is 13.0. The van der Waals surface area contributed by atoms with Crippen LogP contribution in [0.2, 0.25) is 0 Å². The first-order valence-electron chi connectivity index (χ1n) is 17.6. The second-order valence-corrected chi connectivity index (χ2v) is 17.8. The molecule has 0 bridgehead atoms. The Morgan fingerprint density at radius 2 is 1.67 bits per heavy atom. The summed E-state index contributed by atoms with van der Waals surface area (Å²) in [6.07, 6.45) is 5.00. The van der Waals surface area contributed by atoms with Crippen molar-refractivity contribution < 1.29 is 34.4 Å². The summed E-state index contributed by atoms with van der Waals surface area (Å²) in [5.74, 6) is -0.0182. The Morgan fingerprint density at radius 1 is 0.957 bits per heavy atom. The van der Waals surface area contributed by atoms with Crippen LogP contribution in [0.1, 0.15) is 103 Å².